The van der Waals surface area contributed by atoms with Crippen LogP contribution in [0.15, 0.2) is 22.8 Å². The molecule has 1 aromatic rings. The molecule has 0 radical (unpaired) electrons. The SMILES string of the molecule is C[C@H]1[C@H](C)CCC[C@@H]1NCc1ccco1. The maximum atomic E-state index is 5.32. The summed E-state index contributed by atoms with van der Waals surface area (Å²) in [6.45, 7) is 5.60. The second kappa shape index (κ2) is 4.84. The molecule has 0 spiro atoms. The summed E-state index contributed by atoms with van der Waals surface area (Å²) in [5.41, 5.74) is 0. The molecule has 2 heteroatoms. The van der Waals surface area contributed by atoms with Gasteiger partial charge >= 0.3 is 0 Å². The van der Waals surface area contributed by atoms with Gasteiger partial charge in [0.25, 0.3) is 0 Å². The first-order valence-electron chi connectivity index (χ1n) is 6.03. The molecule has 1 saturated carbocycles. The molecule has 1 N–H and O–H groups in total. The third kappa shape index (κ3) is 2.63. The smallest absolute Gasteiger partial charge is 0.117 e. The zero-order valence-corrected chi connectivity index (χ0v) is 9.70. The molecule has 1 fully saturated rings. The van der Waals surface area contributed by atoms with Crippen LogP contribution < -0.4 is 5.32 Å². The Labute approximate surface area is 92.1 Å². The van der Waals surface area contributed by atoms with Crippen molar-refractivity contribution >= 4 is 0 Å². The van der Waals surface area contributed by atoms with Crippen molar-refractivity contribution in [3.63, 3.8) is 0 Å². The van der Waals surface area contributed by atoms with Crippen molar-refractivity contribution in [1.29, 1.82) is 0 Å². The van der Waals surface area contributed by atoms with E-state index < -0.39 is 0 Å². The van der Waals surface area contributed by atoms with Crippen LogP contribution in [-0.4, -0.2) is 6.04 Å². The van der Waals surface area contributed by atoms with Gasteiger partial charge < -0.3 is 9.73 Å². The monoisotopic (exact) mass is 207 g/mol. The first-order valence-corrected chi connectivity index (χ1v) is 6.03. The van der Waals surface area contributed by atoms with E-state index in [0.29, 0.717) is 6.04 Å². The number of hydrogen-bond acceptors (Lipinski definition) is 2. The summed E-state index contributed by atoms with van der Waals surface area (Å²) in [4.78, 5) is 0. The fraction of sp³-hybridized carbons (Fsp3) is 0.692. The Balaban J connectivity index is 1.83. The van der Waals surface area contributed by atoms with Crippen LogP contribution in [0, 0.1) is 11.8 Å². The molecule has 1 aliphatic rings. The predicted molar refractivity (Wildman–Crippen MR) is 61.5 cm³/mol. The van der Waals surface area contributed by atoms with Gasteiger partial charge in [-0.15, -0.1) is 0 Å². The van der Waals surface area contributed by atoms with Gasteiger partial charge in [-0.3, -0.25) is 0 Å². The van der Waals surface area contributed by atoms with Gasteiger partial charge in [0, 0.05) is 6.04 Å². The maximum absolute atomic E-state index is 5.32. The van der Waals surface area contributed by atoms with Gasteiger partial charge in [0.2, 0.25) is 0 Å². The fourth-order valence-corrected chi connectivity index (χ4v) is 2.51. The van der Waals surface area contributed by atoms with Crippen LogP contribution >= 0.6 is 0 Å². The number of rotatable bonds is 3. The molecule has 1 aliphatic carbocycles. The summed E-state index contributed by atoms with van der Waals surface area (Å²) < 4.78 is 5.32. The molecule has 2 nitrogen and oxygen atoms in total. The molecule has 0 saturated heterocycles. The van der Waals surface area contributed by atoms with Crippen LogP contribution in [0.3, 0.4) is 0 Å². The van der Waals surface area contributed by atoms with Crippen molar-refractivity contribution < 1.29 is 4.42 Å². The Morgan fingerprint density at radius 3 is 3.00 bits per heavy atom. The lowest BCUT2D eigenvalue weighted by Gasteiger charge is -2.34. The van der Waals surface area contributed by atoms with Crippen molar-refractivity contribution in [3.05, 3.63) is 24.2 Å². The third-order valence-electron chi connectivity index (χ3n) is 3.83. The highest BCUT2D eigenvalue weighted by Gasteiger charge is 2.26. The number of furan rings is 1. The van der Waals surface area contributed by atoms with Crippen LogP contribution in [0.5, 0.6) is 0 Å². The normalized spacial score (nSPS) is 31.7. The van der Waals surface area contributed by atoms with E-state index in [4.69, 9.17) is 4.42 Å². The molecular formula is C13H21NO. The highest BCUT2D eigenvalue weighted by Crippen LogP contribution is 2.29. The molecule has 84 valence electrons. The van der Waals surface area contributed by atoms with E-state index in [9.17, 15) is 0 Å². The van der Waals surface area contributed by atoms with E-state index in [-0.39, 0.29) is 0 Å². The largest absolute Gasteiger partial charge is 0.468 e. The van der Waals surface area contributed by atoms with Gasteiger partial charge in [-0.25, -0.2) is 0 Å². The Bertz CT molecular complexity index is 281. The molecule has 1 aromatic heterocycles. The first-order chi connectivity index (χ1) is 7.27. The summed E-state index contributed by atoms with van der Waals surface area (Å²) in [6, 6.07) is 4.65. The van der Waals surface area contributed by atoms with Crippen molar-refractivity contribution in [2.24, 2.45) is 11.8 Å². The van der Waals surface area contributed by atoms with Gasteiger partial charge in [-0.05, 0) is 30.4 Å². The van der Waals surface area contributed by atoms with Gasteiger partial charge in [0.1, 0.15) is 5.76 Å². The van der Waals surface area contributed by atoms with Crippen molar-refractivity contribution in [2.45, 2.75) is 45.7 Å². The second-order valence-corrected chi connectivity index (χ2v) is 4.83. The molecule has 0 bridgehead atoms. The Kier molecular flexibility index (Phi) is 3.47. The molecule has 1 heterocycles. The van der Waals surface area contributed by atoms with Crippen LogP contribution in [0.25, 0.3) is 0 Å². The van der Waals surface area contributed by atoms with Gasteiger partial charge in [0.15, 0.2) is 0 Å². The van der Waals surface area contributed by atoms with Crippen LogP contribution in [0.1, 0.15) is 38.9 Å². The lowest BCUT2D eigenvalue weighted by atomic mass is 9.78. The summed E-state index contributed by atoms with van der Waals surface area (Å²) in [5, 5.41) is 3.61. The molecule has 3 atom stereocenters. The van der Waals surface area contributed by atoms with Crippen LogP contribution in [0.4, 0.5) is 0 Å². The lowest BCUT2D eigenvalue weighted by Crippen LogP contribution is -2.40. The molecule has 0 amide bonds. The zero-order chi connectivity index (χ0) is 10.7. The van der Waals surface area contributed by atoms with E-state index >= 15 is 0 Å². The van der Waals surface area contributed by atoms with E-state index in [1.807, 2.05) is 12.1 Å². The third-order valence-corrected chi connectivity index (χ3v) is 3.83. The number of hydrogen-bond donors (Lipinski definition) is 1. The molecule has 0 unspecified atom stereocenters. The van der Waals surface area contributed by atoms with Crippen molar-refractivity contribution in [2.75, 3.05) is 0 Å². The zero-order valence-electron chi connectivity index (χ0n) is 9.70. The maximum Gasteiger partial charge on any atom is 0.117 e. The Morgan fingerprint density at radius 1 is 1.40 bits per heavy atom. The highest BCUT2D eigenvalue weighted by atomic mass is 16.3. The predicted octanol–water partition coefficient (Wildman–Crippen LogP) is 3.19. The van der Waals surface area contributed by atoms with Gasteiger partial charge in [0.05, 0.1) is 12.8 Å². The minimum Gasteiger partial charge on any atom is -0.468 e. The van der Waals surface area contributed by atoms with E-state index in [2.05, 4.69) is 19.2 Å². The minimum absolute atomic E-state index is 0.666. The van der Waals surface area contributed by atoms with Crippen molar-refractivity contribution in [1.82, 2.24) is 5.32 Å². The van der Waals surface area contributed by atoms with E-state index in [0.717, 1.165) is 24.1 Å². The molecule has 0 aliphatic heterocycles. The summed E-state index contributed by atoms with van der Waals surface area (Å²) in [5.74, 6) is 2.68. The standard InChI is InChI=1S/C13H21NO/c1-10-5-3-7-13(11(10)2)14-9-12-6-4-8-15-12/h4,6,8,10-11,13-14H,3,5,7,9H2,1-2H3/t10-,11+,13+/m1/s1. The van der Waals surface area contributed by atoms with Crippen molar-refractivity contribution in [3.8, 4) is 0 Å². The van der Waals surface area contributed by atoms with E-state index in [1.54, 1.807) is 6.26 Å². The molecule has 0 aromatic carbocycles. The summed E-state index contributed by atoms with van der Waals surface area (Å²) >= 11 is 0. The Morgan fingerprint density at radius 2 is 2.27 bits per heavy atom. The molecular weight excluding hydrogens is 186 g/mol. The van der Waals surface area contributed by atoms with Crippen LogP contribution in [-0.2, 0) is 6.54 Å². The van der Waals surface area contributed by atoms with Gasteiger partial charge in [-0.2, -0.15) is 0 Å². The Hall–Kier alpha value is -0.760. The quantitative estimate of drug-likeness (QED) is 0.823. The summed E-state index contributed by atoms with van der Waals surface area (Å²) in [6.07, 6.45) is 5.80. The topological polar surface area (TPSA) is 25.2 Å². The first kappa shape index (κ1) is 10.7. The fourth-order valence-electron chi connectivity index (χ4n) is 2.51. The van der Waals surface area contributed by atoms with Gasteiger partial charge in [-0.1, -0.05) is 26.7 Å². The molecule has 15 heavy (non-hydrogen) atoms. The lowest BCUT2D eigenvalue weighted by molar-refractivity contribution is 0.203. The minimum atomic E-state index is 0.666. The van der Waals surface area contributed by atoms with E-state index in [1.165, 1.54) is 19.3 Å². The average Bonchev–Trinajstić information content (AvgIpc) is 2.73. The summed E-state index contributed by atoms with van der Waals surface area (Å²) in [7, 11) is 0. The molecule has 2 rings (SSSR count). The van der Waals surface area contributed by atoms with Crippen LogP contribution in [0.2, 0.25) is 0 Å². The average molecular weight is 207 g/mol. The highest BCUT2D eigenvalue weighted by molar-refractivity contribution is 4.98. The second-order valence-electron chi connectivity index (χ2n) is 4.83. The number of nitrogens with one attached hydrogen (secondary N) is 1.